The molecule has 0 aliphatic carbocycles. The molecule has 6 nitrogen and oxygen atoms in total. The van der Waals surface area contributed by atoms with Crippen molar-refractivity contribution in [2.24, 2.45) is 0 Å². The fourth-order valence-electron chi connectivity index (χ4n) is 3.76. The summed E-state index contributed by atoms with van der Waals surface area (Å²) < 4.78 is 0. The lowest BCUT2D eigenvalue weighted by molar-refractivity contribution is -0.130. The van der Waals surface area contributed by atoms with Crippen LogP contribution in [0.15, 0.2) is 17.5 Å². The first-order valence-electron chi connectivity index (χ1n) is 10.2. The lowest BCUT2D eigenvalue weighted by Gasteiger charge is -2.34. The third kappa shape index (κ3) is 6.90. The van der Waals surface area contributed by atoms with E-state index < -0.39 is 0 Å². The number of piperazine rings is 1. The Balaban J connectivity index is 1.26. The molecule has 1 aromatic rings. The molecule has 2 fully saturated rings. The molecule has 0 radical (unpaired) electrons. The zero-order valence-corrected chi connectivity index (χ0v) is 17.0. The lowest BCUT2D eigenvalue weighted by Crippen LogP contribution is -2.49. The average Bonchev–Trinajstić information content (AvgIpc) is 3.09. The smallest absolute Gasteiger partial charge is 0.234 e. The Hall–Kier alpha value is -1.44. The highest BCUT2D eigenvalue weighted by atomic mass is 32.1. The monoisotopic (exact) mass is 392 g/mol. The average molecular weight is 393 g/mol. The lowest BCUT2D eigenvalue weighted by atomic mass is 10.2. The maximum Gasteiger partial charge on any atom is 0.234 e. The van der Waals surface area contributed by atoms with Crippen molar-refractivity contribution in [1.82, 2.24) is 20.0 Å². The van der Waals surface area contributed by atoms with E-state index in [9.17, 15) is 9.59 Å². The summed E-state index contributed by atoms with van der Waals surface area (Å²) in [5.41, 5.74) is 0. The summed E-state index contributed by atoms with van der Waals surface area (Å²) in [7, 11) is 0. The van der Waals surface area contributed by atoms with Gasteiger partial charge in [0.2, 0.25) is 11.8 Å². The minimum absolute atomic E-state index is 0.101. The van der Waals surface area contributed by atoms with Gasteiger partial charge in [-0.05, 0) is 30.7 Å². The van der Waals surface area contributed by atoms with E-state index in [1.807, 2.05) is 4.90 Å². The normalized spacial score (nSPS) is 19.9. The van der Waals surface area contributed by atoms with Crippen molar-refractivity contribution in [2.75, 3.05) is 52.4 Å². The molecule has 3 heterocycles. The Kier molecular flexibility index (Phi) is 8.10. The van der Waals surface area contributed by atoms with Crippen molar-refractivity contribution in [2.45, 2.75) is 38.6 Å². The molecule has 2 saturated heterocycles. The third-order valence-corrected chi connectivity index (χ3v) is 6.25. The van der Waals surface area contributed by atoms with Gasteiger partial charge in [-0.15, -0.1) is 11.3 Å². The molecule has 0 spiro atoms. The van der Waals surface area contributed by atoms with Gasteiger partial charge >= 0.3 is 0 Å². The third-order valence-electron chi connectivity index (χ3n) is 5.39. The summed E-state index contributed by atoms with van der Waals surface area (Å²) >= 11 is 1.81. The van der Waals surface area contributed by atoms with Crippen LogP contribution >= 0.6 is 11.3 Å². The standard InChI is InChI=1S/C20H32N4O2S/c25-19(21-8-5-10-24-9-3-1-2-7-20(24)26)17-23-13-11-22(12-14-23)16-18-6-4-15-27-18/h4,6,15H,1-3,5,7-14,16-17H2,(H,21,25). The van der Waals surface area contributed by atoms with Crippen molar-refractivity contribution in [3.05, 3.63) is 22.4 Å². The van der Waals surface area contributed by atoms with Crippen LogP contribution in [0.25, 0.3) is 0 Å². The predicted molar refractivity (Wildman–Crippen MR) is 109 cm³/mol. The van der Waals surface area contributed by atoms with Crippen LogP contribution in [-0.2, 0) is 16.1 Å². The van der Waals surface area contributed by atoms with Crippen molar-refractivity contribution >= 4 is 23.2 Å². The summed E-state index contributed by atoms with van der Waals surface area (Å²) in [4.78, 5) is 32.2. The molecule has 0 bridgehead atoms. The van der Waals surface area contributed by atoms with E-state index in [4.69, 9.17) is 0 Å². The number of hydrogen-bond donors (Lipinski definition) is 1. The molecule has 2 amide bonds. The number of nitrogens with one attached hydrogen (secondary N) is 1. The number of amides is 2. The van der Waals surface area contributed by atoms with E-state index in [0.717, 1.165) is 71.5 Å². The number of rotatable bonds is 8. The maximum absolute atomic E-state index is 12.2. The number of thiophene rings is 1. The van der Waals surface area contributed by atoms with Gasteiger partial charge in [-0.2, -0.15) is 0 Å². The molecule has 0 saturated carbocycles. The van der Waals surface area contributed by atoms with Gasteiger partial charge in [0, 0.05) is 63.7 Å². The van der Waals surface area contributed by atoms with Gasteiger partial charge in [0.1, 0.15) is 0 Å². The Bertz CT molecular complexity index is 585. The van der Waals surface area contributed by atoms with Crippen LogP contribution in [0.2, 0.25) is 0 Å². The minimum Gasteiger partial charge on any atom is -0.355 e. The van der Waals surface area contributed by atoms with Gasteiger partial charge in [0.05, 0.1) is 6.54 Å². The van der Waals surface area contributed by atoms with Crippen LogP contribution in [0.5, 0.6) is 0 Å². The molecule has 1 N–H and O–H groups in total. The number of carbonyl (C=O) groups excluding carboxylic acids is 2. The molecule has 0 aromatic carbocycles. The molecular formula is C20H32N4O2S. The molecule has 2 aliphatic rings. The summed E-state index contributed by atoms with van der Waals surface area (Å²) in [6.45, 7) is 7.72. The van der Waals surface area contributed by atoms with Crippen LogP contribution < -0.4 is 5.32 Å². The zero-order chi connectivity index (χ0) is 18.9. The predicted octanol–water partition coefficient (Wildman–Crippen LogP) is 1.77. The molecular weight excluding hydrogens is 360 g/mol. The fraction of sp³-hybridized carbons (Fsp3) is 0.700. The number of nitrogens with zero attached hydrogens (tertiary/aromatic N) is 3. The Morgan fingerprint density at radius 1 is 1.07 bits per heavy atom. The second-order valence-electron chi connectivity index (χ2n) is 7.53. The van der Waals surface area contributed by atoms with Crippen molar-refractivity contribution in [1.29, 1.82) is 0 Å². The summed E-state index contributed by atoms with van der Waals surface area (Å²) in [6, 6.07) is 4.28. The van der Waals surface area contributed by atoms with Crippen molar-refractivity contribution < 1.29 is 9.59 Å². The van der Waals surface area contributed by atoms with E-state index in [2.05, 4.69) is 32.6 Å². The van der Waals surface area contributed by atoms with Gasteiger partial charge in [0.15, 0.2) is 0 Å². The van der Waals surface area contributed by atoms with Crippen LogP contribution in [0, 0.1) is 0 Å². The quantitative estimate of drug-likeness (QED) is 0.685. The first kappa shape index (κ1) is 20.3. The van der Waals surface area contributed by atoms with Crippen LogP contribution in [-0.4, -0.2) is 78.9 Å². The Morgan fingerprint density at radius 2 is 1.89 bits per heavy atom. The zero-order valence-electron chi connectivity index (χ0n) is 16.2. The minimum atomic E-state index is 0.101. The molecule has 7 heteroatoms. The Labute approximate surface area is 166 Å². The van der Waals surface area contributed by atoms with Gasteiger partial charge in [0.25, 0.3) is 0 Å². The highest BCUT2D eigenvalue weighted by Gasteiger charge is 2.19. The molecule has 150 valence electrons. The fourth-order valence-corrected chi connectivity index (χ4v) is 4.51. The van der Waals surface area contributed by atoms with E-state index in [0.29, 0.717) is 19.5 Å². The second-order valence-corrected chi connectivity index (χ2v) is 8.56. The summed E-state index contributed by atoms with van der Waals surface area (Å²) in [5, 5.41) is 5.14. The van der Waals surface area contributed by atoms with Gasteiger partial charge in [-0.25, -0.2) is 0 Å². The van der Waals surface area contributed by atoms with Gasteiger partial charge in [-0.1, -0.05) is 12.5 Å². The first-order chi connectivity index (χ1) is 13.2. The van der Waals surface area contributed by atoms with E-state index in [-0.39, 0.29) is 11.8 Å². The molecule has 0 atom stereocenters. The maximum atomic E-state index is 12.2. The number of likely N-dealkylation sites (tertiary alicyclic amines) is 1. The van der Waals surface area contributed by atoms with Gasteiger partial charge < -0.3 is 10.2 Å². The van der Waals surface area contributed by atoms with Crippen molar-refractivity contribution in [3.8, 4) is 0 Å². The molecule has 0 unspecified atom stereocenters. The first-order valence-corrected chi connectivity index (χ1v) is 11.1. The van der Waals surface area contributed by atoms with E-state index in [1.54, 1.807) is 11.3 Å². The highest BCUT2D eigenvalue weighted by molar-refractivity contribution is 7.09. The van der Waals surface area contributed by atoms with Crippen LogP contribution in [0.3, 0.4) is 0 Å². The van der Waals surface area contributed by atoms with Crippen LogP contribution in [0.4, 0.5) is 0 Å². The number of carbonyl (C=O) groups is 2. The molecule has 2 aliphatic heterocycles. The summed E-state index contributed by atoms with van der Waals surface area (Å²) in [5.74, 6) is 0.378. The highest BCUT2D eigenvalue weighted by Crippen LogP contribution is 2.13. The second kappa shape index (κ2) is 10.8. The summed E-state index contributed by atoms with van der Waals surface area (Å²) in [6.07, 6.45) is 4.81. The Morgan fingerprint density at radius 3 is 2.67 bits per heavy atom. The number of hydrogen-bond acceptors (Lipinski definition) is 5. The molecule has 3 rings (SSSR count). The molecule has 1 aromatic heterocycles. The molecule has 27 heavy (non-hydrogen) atoms. The van der Waals surface area contributed by atoms with Crippen LogP contribution in [0.1, 0.15) is 37.0 Å². The topological polar surface area (TPSA) is 55.9 Å². The largest absolute Gasteiger partial charge is 0.355 e. The van der Waals surface area contributed by atoms with Crippen molar-refractivity contribution in [3.63, 3.8) is 0 Å². The van der Waals surface area contributed by atoms with Gasteiger partial charge in [-0.3, -0.25) is 19.4 Å². The van der Waals surface area contributed by atoms with E-state index in [1.165, 1.54) is 4.88 Å². The van der Waals surface area contributed by atoms with E-state index >= 15 is 0 Å². The SMILES string of the molecule is O=C(CN1CCN(Cc2cccs2)CC1)NCCCN1CCCCCC1=O.